The minimum absolute atomic E-state index is 0.119. The summed E-state index contributed by atoms with van der Waals surface area (Å²) in [4.78, 5) is 12.2. The molecule has 0 radical (unpaired) electrons. The van der Waals surface area contributed by atoms with Gasteiger partial charge in [0.05, 0.1) is 0 Å². The number of carbonyl (C=O) groups excluding carboxylic acids is 1. The van der Waals surface area contributed by atoms with Crippen molar-refractivity contribution in [2.75, 3.05) is 13.7 Å². The Kier molecular flexibility index (Phi) is 8.08. The molecule has 2 N–H and O–H groups in total. The number of aryl methyl sites for hydroxylation is 1. The van der Waals surface area contributed by atoms with Crippen LogP contribution >= 0.6 is 23.8 Å². The van der Waals surface area contributed by atoms with Crippen LogP contribution in [0.2, 0.25) is 5.02 Å². The Balaban J connectivity index is 1.86. The third-order valence-electron chi connectivity index (χ3n) is 4.16. The van der Waals surface area contributed by atoms with Crippen LogP contribution in [0.25, 0.3) is 0 Å². The van der Waals surface area contributed by atoms with Crippen molar-refractivity contribution < 1.29 is 9.53 Å². The molecule has 0 aromatic heterocycles. The molecule has 0 aliphatic heterocycles. The largest absolute Gasteiger partial charge is 0.483 e. The molecule has 1 amide bonds. The van der Waals surface area contributed by atoms with Gasteiger partial charge < -0.3 is 10.1 Å². The third kappa shape index (κ3) is 6.39. The Hall–Kier alpha value is -2.31. The molecular weight excluding hydrogens is 394 g/mol. The lowest BCUT2D eigenvalue weighted by molar-refractivity contribution is -0.126. The summed E-state index contributed by atoms with van der Waals surface area (Å²) in [5.41, 5.74) is 5.68. The molecule has 2 aromatic rings. The number of nitrogens with one attached hydrogen (secondary N) is 2. The number of halogens is 1. The first-order valence-corrected chi connectivity index (χ1v) is 9.84. The normalized spacial score (nSPS) is 10.5. The van der Waals surface area contributed by atoms with E-state index in [-0.39, 0.29) is 18.4 Å². The first-order chi connectivity index (χ1) is 13.3. The predicted octanol–water partition coefficient (Wildman–Crippen LogP) is 4.19. The van der Waals surface area contributed by atoms with Gasteiger partial charge in [-0.3, -0.25) is 15.2 Å². The van der Waals surface area contributed by atoms with E-state index >= 15 is 0 Å². The highest BCUT2D eigenvalue weighted by atomic mass is 35.5. The number of thiocarbonyl (C=S) groups is 1. The van der Waals surface area contributed by atoms with Gasteiger partial charge in [-0.25, -0.2) is 0 Å². The van der Waals surface area contributed by atoms with E-state index < -0.39 is 0 Å². The average Bonchev–Trinajstić information content (AvgIpc) is 2.67. The molecule has 0 aliphatic rings. The fourth-order valence-electron chi connectivity index (χ4n) is 2.55. The van der Waals surface area contributed by atoms with Crippen molar-refractivity contribution in [3.63, 3.8) is 0 Å². The van der Waals surface area contributed by atoms with E-state index in [4.69, 9.17) is 28.6 Å². The summed E-state index contributed by atoms with van der Waals surface area (Å²) >= 11 is 11.5. The minimum Gasteiger partial charge on any atom is -0.483 e. The molecule has 0 saturated carbocycles. The summed E-state index contributed by atoms with van der Waals surface area (Å²) in [6.07, 6.45) is 0. The lowest BCUT2D eigenvalue weighted by Gasteiger charge is -2.22. The SMILES string of the molecule is Cc1cc(OCC(=O)NN(C)C(=S)NCc2ccccc2)c(C(C)C)cc1Cl. The minimum atomic E-state index is -0.298. The van der Waals surface area contributed by atoms with E-state index in [1.807, 2.05) is 49.4 Å². The fourth-order valence-corrected chi connectivity index (χ4v) is 2.84. The monoisotopic (exact) mass is 419 g/mol. The molecule has 0 aliphatic carbocycles. The summed E-state index contributed by atoms with van der Waals surface area (Å²) in [5.74, 6) is 0.599. The Morgan fingerprint density at radius 1 is 1.25 bits per heavy atom. The zero-order valence-corrected chi connectivity index (χ0v) is 18.2. The van der Waals surface area contributed by atoms with E-state index in [1.54, 1.807) is 7.05 Å². The number of carbonyl (C=O) groups is 1. The van der Waals surface area contributed by atoms with Gasteiger partial charge in [0, 0.05) is 18.6 Å². The number of ether oxygens (including phenoxy) is 1. The van der Waals surface area contributed by atoms with Gasteiger partial charge in [0.25, 0.3) is 5.91 Å². The smallest absolute Gasteiger partial charge is 0.276 e. The zero-order chi connectivity index (χ0) is 20.7. The molecule has 0 heterocycles. The van der Waals surface area contributed by atoms with E-state index in [0.29, 0.717) is 22.4 Å². The number of benzene rings is 2. The molecule has 150 valence electrons. The quantitative estimate of drug-likeness (QED) is 0.543. The van der Waals surface area contributed by atoms with Crippen molar-refractivity contribution in [2.24, 2.45) is 0 Å². The summed E-state index contributed by atoms with van der Waals surface area (Å²) in [6.45, 7) is 6.48. The maximum absolute atomic E-state index is 12.2. The van der Waals surface area contributed by atoms with Crippen molar-refractivity contribution in [1.29, 1.82) is 0 Å². The number of rotatable bonds is 6. The van der Waals surface area contributed by atoms with Gasteiger partial charge in [0.2, 0.25) is 0 Å². The van der Waals surface area contributed by atoms with Gasteiger partial charge in [-0.2, -0.15) is 0 Å². The van der Waals surface area contributed by atoms with E-state index in [9.17, 15) is 4.79 Å². The molecule has 28 heavy (non-hydrogen) atoms. The number of hydrogen-bond acceptors (Lipinski definition) is 3. The molecule has 0 fully saturated rings. The molecule has 2 aromatic carbocycles. The number of amides is 1. The lowest BCUT2D eigenvalue weighted by Crippen LogP contribution is -2.49. The van der Waals surface area contributed by atoms with Crippen molar-refractivity contribution in [1.82, 2.24) is 15.8 Å². The lowest BCUT2D eigenvalue weighted by atomic mass is 10.0. The van der Waals surface area contributed by atoms with Gasteiger partial charge in [-0.05, 0) is 53.9 Å². The first-order valence-electron chi connectivity index (χ1n) is 9.05. The fraction of sp³-hybridized carbons (Fsp3) is 0.333. The van der Waals surface area contributed by atoms with Crippen molar-refractivity contribution >= 4 is 34.8 Å². The Morgan fingerprint density at radius 3 is 2.57 bits per heavy atom. The topological polar surface area (TPSA) is 53.6 Å². The summed E-state index contributed by atoms with van der Waals surface area (Å²) in [7, 11) is 1.68. The van der Waals surface area contributed by atoms with Crippen LogP contribution in [0.15, 0.2) is 42.5 Å². The second kappa shape index (κ2) is 10.3. The summed E-state index contributed by atoms with van der Waals surface area (Å²) in [5, 5.41) is 5.68. The predicted molar refractivity (Wildman–Crippen MR) is 118 cm³/mol. The molecule has 7 heteroatoms. The second-order valence-electron chi connectivity index (χ2n) is 6.82. The van der Waals surface area contributed by atoms with Crippen LogP contribution in [0.1, 0.15) is 36.5 Å². The van der Waals surface area contributed by atoms with E-state index in [2.05, 4.69) is 24.6 Å². The molecule has 0 spiro atoms. The van der Waals surface area contributed by atoms with E-state index in [1.165, 1.54) is 5.01 Å². The first kappa shape index (κ1) is 22.0. The number of hydrogen-bond donors (Lipinski definition) is 2. The number of hydrazine groups is 1. The molecular formula is C21H26ClN3O2S. The Labute approximate surface area is 177 Å². The highest BCUT2D eigenvalue weighted by Gasteiger charge is 2.14. The van der Waals surface area contributed by atoms with Gasteiger partial charge in [0.1, 0.15) is 5.75 Å². The van der Waals surface area contributed by atoms with Crippen molar-refractivity contribution in [3.8, 4) is 5.75 Å². The van der Waals surface area contributed by atoms with Gasteiger partial charge in [-0.15, -0.1) is 0 Å². The van der Waals surface area contributed by atoms with Crippen LogP contribution in [0, 0.1) is 6.92 Å². The van der Waals surface area contributed by atoms with Gasteiger partial charge >= 0.3 is 0 Å². The maximum atomic E-state index is 12.2. The van der Waals surface area contributed by atoms with Crippen LogP contribution in [0.3, 0.4) is 0 Å². The molecule has 0 atom stereocenters. The van der Waals surface area contributed by atoms with Crippen LogP contribution in [0.5, 0.6) is 5.75 Å². The second-order valence-corrected chi connectivity index (χ2v) is 7.61. The zero-order valence-electron chi connectivity index (χ0n) is 16.6. The molecule has 2 rings (SSSR count). The maximum Gasteiger partial charge on any atom is 0.276 e. The molecule has 0 saturated heterocycles. The summed E-state index contributed by atoms with van der Waals surface area (Å²) in [6, 6.07) is 13.6. The van der Waals surface area contributed by atoms with Crippen LogP contribution in [-0.4, -0.2) is 29.7 Å². The van der Waals surface area contributed by atoms with Crippen LogP contribution < -0.4 is 15.5 Å². The average molecular weight is 420 g/mol. The molecule has 0 bridgehead atoms. The van der Waals surface area contributed by atoms with Crippen molar-refractivity contribution in [3.05, 3.63) is 64.2 Å². The third-order valence-corrected chi connectivity index (χ3v) is 4.98. The van der Waals surface area contributed by atoms with Crippen LogP contribution in [-0.2, 0) is 11.3 Å². The number of nitrogens with zero attached hydrogens (tertiary/aromatic N) is 1. The van der Waals surface area contributed by atoms with E-state index in [0.717, 1.165) is 16.7 Å². The van der Waals surface area contributed by atoms with Gasteiger partial charge in [0.15, 0.2) is 11.7 Å². The molecule has 0 unspecified atom stereocenters. The summed E-state index contributed by atoms with van der Waals surface area (Å²) < 4.78 is 5.74. The Bertz CT molecular complexity index is 828. The standard InChI is InChI=1S/C21H26ClN3O2S/c1-14(2)17-11-18(22)15(3)10-19(17)27-13-20(26)24-25(4)21(28)23-12-16-8-6-5-7-9-16/h5-11,14H,12-13H2,1-4H3,(H,23,28)(H,24,26). The highest BCUT2D eigenvalue weighted by Crippen LogP contribution is 2.31. The van der Waals surface area contributed by atoms with Crippen molar-refractivity contribution in [2.45, 2.75) is 33.2 Å². The Morgan fingerprint density at radius 2 is 1.93 bits per heavy atom. The van der Waals surface area contributed by atoms with Gasteiger partial charge in [-0.1, -0.05) is 55.8 Å². The van der Waals surface area contributed by atoms with Crippen LogP contribution in [0.4, 0.5) is 0 Å². The molecule has 5 nitrogen and oxygen atoms in total. The highest BCUT2D eigenvalue weighted by molar-refractivity contribution is 7.80.